The Morgan fingerprint density at radius 2 is 2.12 bits per heavy atom. The first-order chi connectivity index (χ1) is 11.6. The van der Waals surface area contributed by atoms with Gasteiger partial charge in [-0.2, -0.15) is 0 Å². The molecule has 2 unspecified atom stereocenters. The molecule has 1 fully saturated rings. The quantitative estimate of drug-likeness (QED) is 0.729. The lowest BCUT2D eigenvalue weighted by Gasteiger charge is -2.39. The largest absolute Gasteiger partial charge is 0.494 e. The molecule has 1 aliphatic rings. The third-order valence-electron chi connectivity index (χ3n) is 4.45. The van der Waals surface area contributed by atoms with Gasteiger partial charge < -0.3 is 9.64 Å². The number of benzene rings is 1. The van der Waals surface area contributed by atoms with Gasteiger partial charge in [0.05, 0.1) is 22.6 Å². The zero-order valence-electron chi connectivity index (χ0n) is 14.4. The minimum Gasteiger partial charge on any atom is -0.494 e. The number of likely N-dealkylation sites (tertiary alicyclic amines) is 1. The number of aromatic nitrogens is 1. The van der Waals surface area contributed by atoms with Crippen molar-refractivity contribution in [3.63, 3.8) is 0 Å². The van der Waals surface area contributed by atoms with Crippen LogP contribution >= 0.6 is 23.1 Å². The molecule has 2 heterocycles. The summed E-state index contributed by atoms with van der Waals surface area (Å²) in [5.41, 5.74) is 0.970. The summed E-state index contributed by atoms with van der Waals surface area (Å²) in [6.07, 6.45) is 3.45. The highest BCUT2D eigenvalue weighted by Gasteiger charge is 2.28. The number of hydrogen-bond donors (Lipinski definition) is 0. The van der Waals surface area contributed by atoms with Crippen molar-refractivity contribution in [3.8, 4) is 5.75 Å². The maximum atomic E-state index is 12.6. The van der Waals surface area contributed by atoms with E-state index >= 15 is 0 Å². The number of thioether (sulfide) groups is 1. The molecule has 4 nitrogen and oxygen atoms in total. The molecule has 0 N–H and O–H groups in total. The molecular weight excluding hydrogens is 340 g/mol. The Morgan fingerprint density at radius 3 is 2.83 bits per heavy atom. The maximum absolute atomic E-state index is 12.6. The number of amides is 1. The SMILES string of the molecule is CCOc1ccc2nc(SCC(=O)N3C(C)CCCC3C)sc2c1. The number of piperidine rings is 1. The summed E-state index contributed by atoms with van der Waals surface area (Å²) in [6.45, 7) is 6.95. The topological polar surface area (TPSA) is 42.4 Å². The van der Waals surface area contributed by atoms with Crippen LogP contribution in [-0.4, -0.2) is 40.2 Å². The van der Waals surface area contributed by atoms with Gasteiger partial charge in [0.25, 0.3) is 0 Å². The smallest absolute Gasteiger partial charge is 0.233 e. The van der Waals surface area contributed by atoms with E-state index in [4.69, 9.17) is 4.74 Å². The second kappa shape index (κ2) is 7.74. The van der Waals surface area contributed by atoms with Crippen molar-refractivity contribution >= 4 is 39.2 Å². The number of carbonyl (C=O) groups is 1. The predicted octanol–water partition coefficient (Wildman–Crippen LogP) is 4.58. The Labute approximate surface area is 151 Å². The van der Waals surface area contributed by atoms with E-state index in [2.05, 4.69) is 23.7 Å². The van der Waals surface area contributed by atoms with Crippen molar-refractivity contribution in [3.05, 3.63) is 18.2 Å². The second-order valence-corrected chi connectivity index (χ2v) is 8.51. The summed E-state index contributed by atoms with van der Waals surface area (Å²) in [4.78, 5) is 19.3. The van der Waals surface area contributed by atoms with E-state index < -0.39 is 0 Å². The maximum Gasteiger partial charge on any atom is 0.233 e. The Morgan fingerprint density at radius 1 is 1.38 bits per heavy atom. The van der Waals surface area contributed by atoms with Gasteiger partial charge in [-0.1, -0.05) is 11.8 Å². The molecule has 2 aromatic rings. The monoisotopic (exact) mass is 364 g/mol. The Bertz CT molecular complexity index is 706. The molecule has 3 rings (SSSR count). The highest BCUT2D eigenvalue weighted by molar-refractivity contribution is 8.01. The average molecular weight is 365 g/mol. The molecule has 0 saturated carbocycles. The molecule has 0 spiro atoms. The van der Waals surface area contributed by atoms with E-state index in [9.17, 15) is 4.79 Å². The third kappa shape index (κ3) is 3.86. The van der Waals surface area contributed by atoms with E-state index in [-0.39, 0.29) is 5.91 Å². The van der Waals surface area contributed by atoms with Crippen molar-refractivity contribution < 1.29 is 9.53 Å². The van der Waals surface area contributed by atoms with Crippen molar-refractivity contribution in [2.24, 2.45) is 0 Å². The fourth-order valence-corrected chi connectivity index (χ4v) is 5.28. The third-order valence-corrected chi connectivity index (χ3v) is 6.60. The minimum absolute atomic E-state index is 0.231. The van der Waals surface area contributed by atoms with Crippen LogP contribution < -0.4 is 4.74 Å². The number of ether oxygens (including phenoxy) is 1. The highest BCUT2D eigenvalue weighted by atomic mass is 32.2. The van der Waals surface area contributed by atoms with Gasteiger partial charge in [0.15, 0.2) is 4.34 Å². The van der Waals surface area contributed by atoms with E-state index in [1.54, 1.807) is 23.1 Å². The summed E-state index contributed by atoms with van der Waals surface area (Å²) in [6, 6.07) is 6.66. The van der Waals surface area contributed by atoms with E-state index in [0.717, 1.165) is 33.1 Å². The highest BCUT2D eigenvalue weighted by Crippen LogP contribution is 2.32. The Hall–Kier alpha value is -1.27. The Kier molecular flexibility index (Phi) is 5.66. The van der Waals surface area contributed by atoms with Gasteiger partial charge in [-0.3, -0.25) is 4.79 Å². The molecule has 6 heteroatoms. The van der Waals surface area contributed by atoms with Crippen molar-refractivity contribution in [2.75, 3.05) is 12.4 Å². The van der Waals surface area contributed by atoms with Crippen LogP contribution in [0.2, 0.25) is 0 Å². The molecule has 2 atom stereocenters. The molecule has 0 aliphatic carbocycles. The number of hydrogen-bond acceptors (Lipinski definition) is 5. The number of thiazole rings is 1. The zero-order chi connectivity index (χ0) is 17.1. The molecule has 24 heavy (non-hydrogen) atoms. The van der Waals surface area contributed by atoms with Crippen LogP contribution in [-0.2, 0) is 4.79 Å². The standard InChI is InChI=1S/C18H24N2O2S2/c1-4-22-14-8-9-15-16(10-14)24-18(19-15)23-11-17(21)20-12(2)6-5-7-13(20)3/h8-10,12-13H,4-7,11H2,1-3H3. The van der Waals surface area contributed by atoms with Gasteiger partial charge in [-0.25, -0.2) is 4.98 Å². The van der Waals surface area contributed by atoms with Crippen LogP contribution in [0.5, 0.6) is 5.75 Å². The molecule has 0 radical (unpaired) electrons. The molecule has 130 valence electrons. The van der Waals surface area contributed by atoms with E-state index in [1.807, 2.05) is 25.1 Å². The number of nitrogens with zero attached hydrogens (tertiary/aromatic N) is 2. The molecule has 1 aliphatic heterocycles. The molecule has 1 aromatic heterocycles. The Balaban J connectivity index is 1.65. The van der Waals surface area contributed by atoms with Crippen LogP contribution in [0.3, 0.4) is 0 Å². The van der Waals surface area contributed by atoms with Crippen molar-refractivity contribution in [2.45, 2.75) is 56.5 Å². The second-order valence-electron chi connectivity index (χ2n) is 6.26. The van der Waals surface area contributed by atoms with Gasteiger partial charge in [-0.05, 0) is 58.2 Å². The summed E-state index contributed by atoms with van der Waals surface area (Å²) >= 11 is 3.18. The van der Waals surface area contributed by atoms with Gasteiger partial charge in [0.2, 0.25) is 5.91 Å². The van der Waals surface area contributed by atoms with Crippen LogP contribution in [0, 0.1) is 0 Å². The zero-order valence-corrected chi connectivity index (χ0v) is 16.1. The van der Waals surface area contributed by atoms with E-state index in [1.165, 1.54) is 6.42 Å². The van der Waals surface area contributed by atoms with Gasteiger partial charge in [-0.15, -0.1) is 11.3 Å². The number of rotatable bonds is 5. The first-order valence-corrected chi connectivity index (χ1v) is 10.4. The summed E-state index contributed by atoms with van der Waals surface area (Å²) < 4.78 is 7.59. The lowest BCUT2D eigenvalue weighted by molar-refractivity contribution is -0.134. The van der Waals surface area contributed by atoms with Crippen LogP contribution in [0.15, 0.2) is 22.5 Å². The number of carbonyl (C=O) groups excluding carboxylic acids is 1. The van der Waals surface area contributed by atoms with E-state index in [0.29, 0.717) is 24.4 Å². The fraction of sp³-hybridized carbons (Fsp3) is 0.556. The van der Waals surface area contributed by atoms with Crippen molar-refractivity contribution in [1.82, 2.24) is 9.88 Å². The van der Waals surface area contributed by atoms with Gasteiger partial charge >= 0.3 is 0 Å². The minimum atomic E-state index is 0.231. The summed E-state index contributed by atoms with van der Waals surface area (Å²) in [5.74, 6) is 1.57. The van der Waals surface area contributed by atoms with Crippen LogP contribution in [0.4, 0.5) is 0 Å². The van der Waals surface area contributed by atoms with Crippen molar-refractivity contribution in [1.29, 1.82) is 0 Å². The first kappa shape index (κ1) is 17.5. The fourth-order valence-electron chi connectivity index (χ4n) is 3.31. The number of fused-ring (bicyclic) bond motifs is 1. The predicted molar refractivity (Wildman–Crippen MR) is 101 cm³/mol. The molecule has 0 bridgehead atoms. The van der Waals surface area contributed by atoms with Gasteiger partial charge in [0.1, 0.15) is 5.75 Å². The van der Waals surface area contributed by atoms with Gasteiger partial charge in [0, 0.05) is 12.1 Å². The molecule has 1 aromatic carbocycles. The lowest BCUT2D eigenvalue weighted by Crippen LogP contribution is -2.48. The molecular formula is C18H24N2O2S2. The average Bonchev–Trinajstić information content (AvgIpc) is 2.95. The first-order valence-electron chi connectivity index (χ1n) is 8.56. The van der Waals surface area contributed by atoms with Crippen LogP contribution in [0.1, 0.15) is 40.0 Å². The molecule has 1 saturated heterocycles. The molecule has 1 amide bonds. The normalized spacial score (nSPS) is 21.2. The van der Waals surface area contributed by atoms with Crippen LogP contribution in [0.25, 0.3) is 10.2 Å². The summed E-state index contributed by atoms with van der Waals surface area (Å²) in [5, 5.41) is 0. The lowest BCUT2D eigenvalue weighted by atomic mass is 9.98. The summed E-state index contributed by atoms with van der Waals surface area (Å²) in [7, 11) is 0.